The summed E-state index contributed by atoms with van der Waals surface area (Å²) in [6.45, 7) is 4.26. The van der Waals surface area contributed by atoms with E-state index in [4.69, 9.17) is 4.74 Å². The van der Waals surface area contributed by atoms with Gasteiger partial charge in [-0.25, -0.2) is 4.79 Å². The molecule has 204 valence electrons. The Kier molecular flexibility index (Phi) is 8.45. The Labute approximate surface area is 237 Å². The van der Waals surface area contributed by atoms with Crippen molar-refractivity contribution in [3.63, 3.8) is 0 Å². The molecule has 5 rings (SSSR count). The van der Waals surface area contributed by atoms with Gasteiger partial charge in [-0.1, -0.05) is 91.0 Å². The number of nitrogens with zero attached hydrogens (tertiary/aromatic N) is 1. The average molecular weight is 532 g/mol. The highest BCUT2D eigenvalue weighted by atomic mass is 16.5. The summed E-state index contributed by atoms with van der Waals surface area (Å²) in [5, 5.41) is 0. The van der Waals surface area contributed by atoms with Crippen molar-refractivity contribution in [2.24, 2.45) is 5.92 Å². The number of benzene rings is 4. The number of carbonyl (C=O) groups excluding carboxylic acids is 2. The topological polar surface area (TPSA) is 46.6 Å². The molecule has 4 nitrogen and oxygen atoms in total. The zero-order valence-electron chi connectivity index (χ0n) is 23.5. The van der Waals surface area contributed by atoms with Crippen molar-refractivity contribution in [1.29, 1.82) is 0 Å². The summed E-state index contributed by atoms with van der Waals surface area (Å²) in [5.41, 5.74) is 7.30. The first-order valence-corrected chi connectivity index (χ1v) is 14.1. The van der Waals surface area contributed by atoms with Crippen molar-refractivity contribution in [2.75, 3.05) is 7.11 Å². The van der Waals surface area contributed by atoms with Gasteiger partial charge in [0.25, 0.3) is 0 Å². The summed E-state index contributed by atoms with van der Waals surface area (Å²) >= 11 is 0. The highest BCUT2D eigenvalue weighted by molar-refractivity contribution is 5.91. The van der Waals surface area contributed by atoms with Gasteiger partial charge in [-0.05, 0) is 84.5 Å². The first-order valence-electron chi connectivity index (χ1n) is 14.1. The number of ether oxygens (including phenoxy) is 1. The Morgan fingerprint density at radius 1 is 0.825 bits per heavy atom. The fourth-order valence-electron chi connectivity index (χ4n) is 6.15. The van der Waals surface area contributed by atoms with Crippen LogP contribution in [0.4, 0.5) is 0 Å². The predicted molar refractivity (Wildman–Crippen MR) is 160 cm³/mol. The summed E-state index contributed by atoms with van der Waals surface area (Å²) in [4.78, 5) is 28.3. The fraction of sp³-hybridized carbons (Fsp3) is 0.278. The quantitative estimate of drug-likeness (QED) is 0.222. The molecule has 1 aliphatic rings. The molecule has 0 aromatic heterocycles. The molecule has 0 spiro atoms. The molecule has 0 fully saturated rings. The Hall–Kier alpha value is -4.18. The van der Waals surface area contributed by atoms with Gasteiger partial charge < -0.3 is 9.64 Å². The lowest BCUT2D eigenvalue weighted by molar-refractivity contribution is -0.136. The van der Waals surface area contributed by atoms with Crippen LogP contribution in [0.15, 0.2) is 103 Å². The van der Waals surface area contributed by atoms with E-state index in [1.54, 1.807) is 6.07 Å². The monoisotopic (exact) mass is 531 g/mol. The molecular formula is C36H37NO3. The highest BCUT2D eigenvalue weighted by Gasteiger charge is 2.37. The Balaban J connectivity index is 1.44. The lowest BCUT2D eigenvalue weighted by atomic mass is 9.75. The lowest BCUT2D eigenvalue weighted by Gasteiger charge is -2.43. The van der Waals surface area contributed by atoms with E-state index in [1.165, 1.54) is 23.8 Å². The molecule has 4 aromatic rings. The number of hydrogen-bond acceptors (Lipinski definition) is 3. The fourth-order valence-corrected chi connectivity index (χ4v) is 6.15. The third-order valence-corrected chi connectivity index (χ3v) is 7.99. The second-order valence-electron chi connectivity index (χ2n) is 11.0. The summed E-state index contributed by atoms with van der Waals surface area (Å²) in [7, 11) is 1.39. The SMILES string of the molecule is COC(=O)c1cccc(-c2cccc(CC(=O)N(C(C)C)[C@@H]3c4ccccc4CC[C@@H]3Cc3ccccc3)c2)c1. The third kappa shape index (κ3) is 6.02. The smallest absolute Gasteiger partial charge is 0.337 e. The van der Waals surface area contributed by atoms with Gasteiger partial charge >= 0.3 is 5.97 Å². The zero-order valence-corrected chi connectivity index (χ0v) is 23.5. The van der Waals surface area contributed by atoms with Crippen LogP contribution in [0, 0.1) is 5.92 Å². The maximum absolute atomic E-state index is 14.2. The standard InChI is InChI=1S/C36H37NO3/c1-25(2)37(35-31(21-26-11-5-4-6-12-26)20-19-28-14-7-8-18-33(28)35)34(38)23-27-13-9-15-29(22-27)30-16-10-17-32(24-30)36(39)40-3/h4-18,22,24-25,31,35H,19-21,23H2,1-3H3/t31-,35+/m1/s1. The predicted octanol–water partition coefficient (Wildman–Crippen LogP) is 7.47. The van der Waals surface area contributed by atoms with Crippen LogP contribution in [-0.4, -0.2) is 29.9 Å². The van der Waals surface area contributed by atoms with Crippen molar-refractivity contribution in [1.82, 2.24) is 4.90 Å². The second-order valence-corrected chi connectivity index (χ2v) is 11.0. The molecule has 0 aliphatic heterocycles. The van der Waals surface area contributed by atoms with Crippen molar-refractivity contribution < 1.29 is 14.3 Å². The summed E-state index contributed by atoms with van der Waals surface area (Å²) in [5.74, 6) is 0.116. The molecule has 0 radical (unpaired) electrons. The molecule has 1 aliphatic carbocycles. The number of hydrogen-bond donors (Lipinski definition) is 0. The second kappa shape index (κ2) is 12.3. The minimum absolute atomic E-state index is 0.0255. The molecule has 0 N–H and O–H groups in total. The van der Waals surface area contributed by atoms with Gasteiger partial charge in [-0.15, -0.1) is 0 Å². The van der Waals surface area contributed by atoms with Crippen LogP contribution in [0.3, 0.4) is 0 Å². The van der Waals surface area contributed by atoms with E-state index in [0.717, 1.165) is 36.0 Å². The third-order valence-electron chi connectivity index (χ3n) is 7.99. The van der Waals surface area contributed by atoms with Gasteiger partial charge in [-0.3, -0.25) is 4.79 Å². The van der Waals surface area contributed by atoms with E-state index < -0.39 is 0 Å². The van der Waals surface area contributed by atoms with Crippen LogP contribution in [0.1, 0.15) is 58.9 Å². The Morgan fingerprint density at radius 3 is 2.25 bits per heavy atom. The number of carbonyl (C=O) groups is 2. The van der Waals surface area contributed by atoms with Gasteiger partial charge in [0.15, 0.2) is 0 Å². The van der Waals surface area contributed by atoms with Crippen LogP contribution in [0.5, 0.6) is 0 Å². The lowest BCUT2D eigenvalue weighted by Crippen LogP contribution is -2.45. The number of fused-ring (bicyclic) bond motifs is 1. The molecule has 0 saturated carbocycles. The van der Waals surface area contributed by atoms with Gasteiger partial charge in [0.1, 0.15) is 0 Å². The molecule has 2 atom stereocenters. The van der Waals surface area contributed by atoms with Crippen LogP contribution in [0.25, 0.3) is 11.1 Å². The number of aryl methyl sites for hydroxylation is 1. The van der Waals surface area contributed by atoms with Crippen molar-refractivity contribution in [3.05, 3.63) is 131 Å². The molecule has 0 bridgehead atoms. The van der Waals surface area contributed by atoms with E-state index in [1.807, 2.05) is 36.4 Å². The van der Waals surface area contributed by atoms with Crippen molar-refractivity contribution in [3.8, 4) is 11.1 Å². The molecule has 4 heteroatoms. The number of rotatable bonds is 8. The number of amides is 1. The largest absolute Gasteiger partial charge is 0.465 e. The number of methoxy groups -OCH3 is 1. The van der Waals surface area contributed by atoms with Gasteiger partial charge in [0.05, 0.1) is 25.1 Å². The molecular weight excluding hydrogens is 494 g/mol. The van der Waals surface area contributed by atoms with E-state index >= 15 is 0 Å². The summed E-state index contributed by atoms with van der Waals surface area (Å²) < 4.78 is 4.89. The van der Waals surface area contributed by atoms with E-state index in [-0.39, 0.29) is 24.0 Å². The first-order chi connectivity index (χ1) is 19.4. The van der Waals surface area contributed by atoms with Crippen molar-refractivity contribution >= 4 is 11.9 Å². The van der Waals surface area contributed by atoms with Gasteiger partial charge in [-0.2, -0.15) is 0 Å². The van der Waals surface area contributed by atoms with Crippen LogP contribution in [-0.2, 0) is 28.8 Å². The molecule has 4 aromatic carbocycles. The normalized spacial score (nSPS) is 16.3. The number of esters is 1. The highest BCUT2D eigenvalue weighted by Crippen LogP contribution is 2.41. The molecule has 0 heterocycles. The average Bonchev–Trinajstić information content (AvgIpc) is 2.98. The van der Waals surface area contributed by atoms with Gasteiger partial charge in [0, 0.05) is 6.04 Å². The Morgan fingerprint density at radius 2 is 1.50 bits per heavy atom. The molecule has 0 unspecified atom stereocenters. The van der Waals surface area contributed by atoms with Crippen LogP contribution in [0.2, 0.25) is 0 Å². The summed E-state index contributed by atoms with van der Waals surface area (Å²) in [6.07, 6.45) is 3.36. The molecule has 1 amide bonds. The first kappa shape index (κ1) is 27.4. The summed E-state index contributed by atoms with van der Waals surface area (Å²) in [6, 6.07) is 34.8. The van der Waals surface area contributed by atoms with Gasteiger partial charge in [0.2, 0.25) is 5.91 Å². The molecule has 40 heavy (non-hydrogen) atoms. The maximum Gasteiger partial charge on any atom is 0.337 e. The molecule has 0 saturated heterocycles. The van der Waals surface area contributed by atoms with E-state index in [2.05, 4.69) is 79.4 Å². The van der Waals surface area contributed by atoms with Crippen LogP contribution >= 0.6 is 0 Å². The maximum atomic E-state index is 14.2. The minimum atomic E-state index is -0.362. The minimum Gasteiger partial charge on any atom is -0.465 e. The van der Waals surface area contributed by atoms with Crippen molar-refractivity contribution in [2.45, 2.75) is 51.6 Å². The van der Waals surface area contributed by atoms with E-state index in [9.17, 15) is 9.59 Å². The Bertz CT molecular complexity index is 1480. The zero-order chi connectivity index (χ0) is 28.1. The van der Waals surface area contributed by atoms with E-state index in [0.29, 0.717) is 17.9 Å². The van der Waals surface area contributed by atoms with Crippen LogP contribution < -0.4 is 0 Å².